The molecule has 0 bridgehead atoms. The summed E-state index contributed by atoms with van der Waals surface area (Å²) < 4.78 is 6.51. The lowest BCUT2D eigenvalue weighted by Gasteiger charge is -2.34. The molecule has 2 heterocycles. The molecule has 0 unspecified atom stereocenters. The number of rotatable bonds is 4. The molecule has 1 aliphatic carbocycles. The second-order valence-corrected chi connectivity index (χ2v) is 6.75. The molecule has 0 saturated heterocycles. The summed E-state index contributed by atoms with van der Waals surface area (Å²) in [6, 6.07) is 1.89. The number of aromatic nitrogens is 4. The molecule has 3 atom stereocenters. The highest BCUT2D eigenvalue weighted by Crippen LogP contribution is 2.29. The molecule has 8 nitrogen and oxygen atoms in total. The minimum absolute atomic E-state index is 0.103. The molecule has 0 spiro atoms. The highest BCUT2D eigenvalue weighted by molar-refractivity contribution is 5.88. The second-order valence-electron chi connectivity index (χ2n) is 6.75. The van der Waals surface area contributed by atoms with Crippen molar-refractivity contribution in [2.45, 2.75) is 46.1 Å². The van der Waals surface area contributed by atoms with E-state index in [0.717, 1.165) is 18.5 Å². The zero-order valence-corrected chi connectivity index (χ0v) is 14.7. The predicted octanol–water partition coefficient (Wildman–Crippen LogP) is 1.53. The second kappa shape index (κ2) is 7.16. The first kappa shape index (κ1) is 17.3. The molecule has 8 heteroatoms. The lowest BCUT2D eigenvalue weighted by Crippen LogP contribution is -2.45. The largest absolute Gasteiger partial charge is 0.450 e. The third-order valence-electron chi connectivity index (χ3n) is 5.00. The number of hydrogen-bond donors (Lipinski definition) is 1. The van der Waals surface area contributed by atoms with Gasteiger partial charge in [-0.2, -0.15) is 4.98 Å². The van der Waals surface area contributed by atoms with E-state index >= 15 is 0 Å². The van der Waals surface area contributed by atoms with Crippen LogP contribution < -0.4 is 5.32 Å². The van der Waals surface area contributed by atoms with Gasteiger partial charge in [-0.05, 0) is 31.2 Å². The molecule has 1 saturated carbocycles. The number of aryl methyl sites for hydroxylation is 1. The van der Waals surface area contributed by atoms with Crippen LogP contribution >= 0.6 is 0 Å². The number of esters is 1. The maximum absolute atomic E-state index is 12.1. The summed E-state index contributed by atoms with van der Waals surface area (Å²) in [6.07, 6.45) is 4.85. The Labute approximate surface area is 146 Å². The summed E-state index contributed by atoms with van der Waals surface area (Å²) in [5, 5.41) is 7.03. The number of nitrogens with zero attached hydrogens (tertiary/aromatic N) is 4. The smallest absolute Gasteiger partial charge is 0.378 e. The average Bonchev–Trinajstić information content (AvgIpc) is 3.03. The Morgan fingerprint density at radius 2 is 2.16 bits per heavy atom. The summed E-state index contributed by atoms with van der Waals surface area (Å²) >= 11 is 0. The van der Waals surface area contributed by atoms with Gasteiger partial charge in [0, 0.05) is 17.9 Å². The van der Waals surface area contributed by atoms with E-state index in [1.165, 1.54) is 10.9 Å². The van der Waals surface area contributed by atoms with Crippen molar-refractivity contribution in [3.05, 3.63) is 23.8 Å². The van der Waals surface area contributed by atoms with Crippen LogP contribution in [0.1, 0.15) is 49.4 Å². The average molecular weight is 345 g/mol. The summed E-state index contributed by atoms with van der Waals surface area (Å²) in [4.78, 5) is 32.2. The molecule has 3 rings (SSSR count). The van der Waals surface area contributed by atoms with Crippen molar-refractivity contribution in [2.24, 2.45) is 11.8 Å². The van der Waals surface area contributed by atoms with Gasteiger partial charge in [0.15, 0.2) is 6.61 Å². The van der Waals surface area contributed by atoms with Crippen LogP contribution in [0.4, 0.5) is 0 Å². The fraction of sp³-hybridized carbons (Fsp3) is 0.588. The zero-order valence-electron chi connectivity index (χ0n) is 14.7. The van der Waals surface area contributed by atoms with Gasteiger partial charge in [-0.15, -0.1) is 5.10 Å². The Kier molecular flexibility index (Phi) is 4.96. The SMILES string of the molecule is Cc1ccnc2nc(C(=O)OCC(=O)N[C@H]3CCC[C@@H](C)[C@@H]3C)nn12. The number of hydrogen-bond acceptors (Lipinski definition) is 6. The van der Waals surface area contributed by atoms with E-state index in [2.05, 4.69) is 34.2 Å². The quantitative estimate of drug-likeness (QED) is 0.844. The minimum atomic E-state index is -0.731. The van der Waals surface area contributed by atoms with Crippen molar-refractivity contribution >= 4 is 17.7 Å². The molecule has 1 fully saturated rings. The van der Waals surface area contributed by atoms with Gasteiger partial charge >= 0.3 is 5.97 Å². The number of fused-ring (bicyclic) bond motifs is 1. The molecule has 0 aliphatic heterocycles. The van der Waals surface area contributed by atoms with Crippen molar-refractivity contribution in [3.63, 3.8) is 0 Å². The van der Waals surface area contributed by atoms with Gasteiger partial charge in [0.2, 0.25) is 0 Å². The Balaban J connectivity index is 1.56. The van der Waals surface area contributed by atoms with E-state index < -0.39 is 5.97 Å². The highest BCUT2D eigenvalue weighted by atomic mass is 16.5. The van der Waals surface area contributed by atoms with Crippen LogP contribution in [-0.4, -0.2) is 44.1 Å². The van der Waals surface area contributed by atoms with Gasteiger partial charge in [0.05, 0.1) is 0 Å². The molecular formula is C17H23N5O3. The van der Waals surface area contributed by atoms with Crippen LogP contribution in [0.2, 0.25) is 0 Å². The first-order valence-corrected chi connectivity index (χ1v) is 8.60. The normalized spacial score (nSPS) is 23.4. The topological polar surface area (TPSA) is 98.5 Å². The van der Waals surface area contributed by atoms with Gasteiger partial charge < -0.3 is 10.1 Å². The van der Waals surface area contributed by atoms with Crippen LogP contribution in [0.25, 0.3) is 5.78 Å². The number of nitrogens with one attached hydrogen (secondary N) is 1. The molecule has 25 heavy (non-hydrogen) atoms. The molecule has 1 aliphatic rings. The predicted molar refractivity (Wildman–Crippen MR) is 89.9 cm³/mol. The Morgan fingerprint density at radius 1 is 1.36 bits per heavy atom. The number of carbonyl (C=O) groups excluding carboxylic acids is 2. The molecular weight excluding hydrogens is 322 g/mol. The maximum Gasteiger partial charge on any atom is 0.378 e. The molecule has 2 aromatic heterocycles. The molecule has 0 aromatic carbocycles. The molecule has 134 valence electrons. The van der Waals surface area contributed by atoms with E-state index in [0.29, 0.717) is 17.6 Å². The van der Waals surface area contributed by atoms with Crippen LogP contribution in [0.5, 0.6) is 0 Å². The van der Waals surface area contributed by atoms with E-state index in [4.69, 9.17) is 4.74 Å². The standard InChI is InChI=1S/C17H23N5O3/c1-10-5-4-6-13(12(10)3)19-14(23)9-25-16(24)15-20-17-18-8-7-11(2)22(17)21-15/h7-8,10,12-13H,4-6,9H2,1-3H3,(H,19,23)/t10-,12+,13+/m1/s1. The van der Waals surface area contributed by atoms with Crippen LogP contribution in [0.15, 0.2) is 12.3 Å². The van der Waals surface area contributed by atoms with E-state index in [1.807, 2.05) is 6.92 Å². The third-order valence-corrected chi connectivity index (χ3v) is 5.00. The Hall–Kier alpha value is -2.51. The molecule has 1 N–H and O–H groups in total. The fourth-order valence-electron chi connectivity index (χ4n) is 3.22. The molecule has 0 radical (unpaired) electrons. The molecule has 1 amide bonds. The highest BCUT2D eigenvalue weighted by Gasteiger charge is 2.28. The van der Waals surface area contributed by atoms with Crippen molar-refractivity contribution in [3.8, 4) is 0 Å². The van der Waals surface area contributed by atoms with Crippen molar-refractivity contribution in [1.82, 2.24) is 24.9 Å². The summed E-state index contributed by atoms with van der Waals surface area (Å²) in [6.45, 7) is 5.85. The monoisotopic (exact) mass is 345 g/mol. The summed E-state index contributed by atoms with van der Waals surface area (Å²) in [7, 11) is 0. The van der Waals surface area contributed by atoms with Gasteiger partial charge in [-0.3, -0.25) is 4.79 Å². The number of ether oxygens (including phenoxy) is 1. The first-order chi connectivity index (χ1) is 12.0. The van der Waals surface area contributed by atoms with Gasteiger partial charge in [-0.25, -0.2) is 14.3 Å². The van der Waals surface area contributed by atoms with Crippen molar-refractivity contribution in [2.75, 3.05) is 6.61 Å². The lowest BCUT2D eigenvalue weighted by molar-refractivity contribution is -0.125. The van der Waals surface area contributed by atoms with Gasteiger partial charge in [-0.1, -0.05) is 26.7 Å². The Bertz CT molecular complexity index is 788. The van der Waals surface area contributed by atoms with Crippen LogP contribution in [0, 0.1) is 18.8 Å². The summed E-state index contributed by atoms with van der Waals surface area (Å²) in [5.74, 6) is 0.195. The van der Waals surface area contributed by atoms with E-state index in [-0.39, 0.29) is 24.4 Å². The molecule has 2 aromatic rings. The zero-order chi connectivity index (χ0) is 18.0. The fourth-order valence-corrected chi connectivity index (χ4v) is 3.22. The van der Waals surface area contributed by atoms with E-state index in [9.17, 15) is 9.59 Å². The van der Waals surface area contributed by atoms with Crippen LogP contribution in [0.3, 0.4) is 0 Å². The van der Waals surface area contributed by atoms with Gasteiger partial charge in [0.1, 0.15) is 0 Å². The number of carbonyl (C=O) groups is 2. The lowest BCUT2D eigenvalue weighted by atomic mass is 9.78. The third kappa shape index (κ3) is 3.78. The Morgan fingerprint density at radius 3 is 2.92 bits per heavy atom. The first-order valence-electron chi connectivity index (χ1n) is 8.60. The van der Waals surface area contributed by atoms with Crippen molar-refractivity contribution < 1.29 is 14.3 Å². The minimum Gasteiger partial charge on any atom is -0.450 e. The van der Waals surface area contributed by atoms with Crippen molar-refractivity contribution in [1.29, 1.82) is 0 Å². The van der Waals surface area contributed by atoms with E-state index in [1.54, 1.807) is 12.3 Å². The summed E-state index contributed by atoms with van der Waals surface area (Å²) in [5.41, 5.74) is 0.801. The van der Waals surface area contributed by atoms with Crippen LogP contribution in [-0.2, 0) is 9.53 Å². The van der Waals surface area contributed by atoms with Gasteiger partial charge in [0.25, 0.3) is 17.5 Å². The maximum atomic E-state index is 12.1. The number of amides is 1.